The van der Waals surface area contributed by atoms with Gasteiger partial charge in [-0.25, -0.2) is 9.59 Å². The number of nitrogens with zero attached hydrogens (tertiary/aromatic N) is 2. The van der Waals surface area contributed by atoms with E-state index in [1.807, 2.05) is 30.3 Å². The van der Waals surface area contributed by atoms with Crippen LogP contribution in [0.2, 0.25) is 0 Å². The molecule has 2 amide bonds. The zero-order valence-electron chi connectivity index (χ0n) is 13.3. The summed E-state index contributed by atoms with van der Waals surface area (Å²) in [4.78, 5) is 27.3. The van der Waals surface area contributed by atoms with E-state index in [-0.39, 0.29) is 24.8 Å². The number of allylic oxidation sites excluding steroid dienone is 2. The third-order valence-corrected chi connectivity index (χ3v) is 4.14. The number of hydrogen-bond acceptors (Lipinski definition) is 4. The molecule has 2 aliphatic heterocycles. The number of carbonyl (C=O) groups excluding carboxylic acids is 2. The molecule has 1 fully saturated rings. The Balaban J connectivity index is 1.48. The first kappa shape index (κ1) is 16.1. The lowest BCUT2D eigenvalue weighted by Gasteiger charge is -2.35. The maximum absolute atomic E-state index is 12.1. The smallest absolute Gasteiger partial charge is 0.418 e. The maximum atomic E-state index is 12.1. The van der Waals surface area contributed by atoms with Gasteiger partial charge in [-0.15, -0.1) is 0 Å². The number of benzene rings is 1. The molecule has 3 rings (SSSR count). The number of ether oxygens (including phenoxy) is 2. The van der Waals surface area contributed by atoms with E-state index in [2.05, 4.69) is 0 Å². The van der Waals surface area contributed by atoms with Gasteiger partial charge in [0.1, 0.15) is 6.61 Å². The van der Waals surface area contributed by atoms with Gasteiger partial charge in [-0.05, 0) is 30.6 Å². The van der Waals surface area contributed by atoms with Gasteiger partial charge in [-0.3, -0.25) is 4.90 Å². The van der Waals surface area contributed by atoms with Crippen LogP contribution in [-0.4, -0.2) is 41.1 Å². The minimum atomic E-state index is -0.384. The Morgan fingerprint density at radius 2 is 1.92 bits per heavy atom. The molecule has 6 heteroatoms. The van der Waals surface area contributed by atoms with E-state index in [0.717, 1.165) is 5.56 Å². The van der Waals surface area contributed by atoms with Crippen molar-refractivity contribution in [2.75, 3.05) is 13.1 Å². The lowest BCUT2D eigenvalue weighted by molar-refractivity contribution is 0.0743. The topological polar surface area (TPSA) is 59.1 Å². The minimum absolute atomic E-state index is 0.0341. The monoisotopic (exact) mass is 328 g/mol. The molecule has 0 bridgehead atoms. The molecule has 0 spiro atoms. The fraction of sp³-hybridized carbons (Fsp3) is 0.333. The van der Waals surface area contributed by atoms with Crippen molar-refractivity contribution in [3.8, 4) is 0 Å². The average molecular weight is 328 g/mol. The molecular formula is C18H20N2O4. The third kappa shape index (κ3) is 3.95. The highest BCUT2D eigenvalue weighted by Gasteiger charge is 2.30. The molecule has 2 aliphatic rings. The van der Waals surface area contributed by atoms with Crippen molar-refractivity contribution >= 4 is 12.2 Å². The Hall–Kier alpha value is -2.76. The van der Waals surface area contributed by atoms with Crippen molar-refractivity contribution in [3.05, 3.63) is 60.5 Å². The normalized spacial score (nSPS) is 18.2. The summed E-state index contributed by atoms with van der Waals surface area (Å²) in [5.74, 6) is 0. The number of cyclic esters (lactones) is 1. The molecule has 6 nitrogen and oxygen atoms in total. The first-order valence-electron chi connectivity index (χ1n) is 8.02. The van der Waals surface area contributed by atoms with Crippen LogP contribution in [0.4, 0.5) is 9.59 Å². The molecule has 0 atom stereocenters. The van der Waals surface area contributed by atoms with Crippen LogP contribution in [-0.2, 0) is 16.1 Å². The Morgan fingerprint density at radius 3 is 2.67 bits per heavy atom. The summed E-state index contributed by atoms with van der Waals surface area (Å²) in [6.07, 6.45) is 7.23. The fourth-order valence-corrected chi connectivity index (χ4v) is 2.81. The zero-order valence-corrected chi connectivity index (χ0v) is 13.3. The molecule has 0 N–H and O–H groups in total. The molecule has 0 aliphatic carbocycles. The highest BCUT2D eigenvalue weighted by Crippen LogP contribution is 2.20. The van der Waals surface area contributed by atoms with Crippen molar-refractivity contribution in [1.29, 1.82) is 0 Å². The molecule has 0 unspecified atom stereocenters. The SMILES string of the molecule is O=C(OCc1ccccc1)N1CCC(N2C=CC=COC2=O)CC1. The van der Waals surface area contributed by atoms with E-state index in [0.29, 0.717) is 25.9 Å². The Labute approximate surface area is 140 Å². The second kappa shape index (κ2) is 7.68. The van der Waals surface area contributed by atoms with Crippen molar-refractivity contribution in [2.45, 2.75) is 25.5 Å². The molecule has 0 radical (unpaired) electrons. The van der Waals surface area contributed by atoms with Gasteiger partial charge in [0.2, 0.25) is 0 Å². The molecule has 2 heterocycles. The summed E-state index contributed by atoms with van der Waals surface area (Å²) < 4.78 is 10.3. The van der Waals surface area contributed by atoms with Crippen LogP contribution in [0.15, 0.2) is 54.9 Å². The average Bonchev–Trinajstić information content (AvgIpc) is 2.85. The van der Waals surface area contributed by atoms with Gasteiger partial charge in [0.25, 0.3) is 0 Å². The van der Waals surface area contributed by atoms with Gasteiger partial charge in [0.15, 0.2) is 0 Å². The first-order chi connectivity index (χ1) is 11.7. The Bertz CT molecular complexity index is 634. The van der Waals surface area contributed by atoms with E-state index in [1.165, 1.54) is 6.26 Å². The standard InChI is InChI=1S/C18H20N2O4/c21-17(24-14-15-6-2-1-3-7-15)19-11-8-16(9-12-19)20-10-4-5-13-23-18(20)22/h1-7,10,13,16H,8-9,11-12,14H2. The highest BCUT2D eigenvalue weighted by atomic mass is 16.6. The third-order valence-electron chi connectivity index (χ3n) is 4.14. The van der Waals surface area contributed by atoms with Crippen LogP contribution < -0.4 is 0 Å². The number of likely N-dealkylation sites (tertiary alicyclic amines) is 1. The van der Waals surface area contributed by atoms with Crippen LogP contribution in [0.1, 0.15) is 18.4 Å². The molecular weight excluding hydrogens is 308 g/mol. The summed E-state index contributed by atoms with van der Waals surface area (Å²) in [5.41, 5.74) is 0.964. The predicted octanol–water partition coefficient (Wildman–Crippen LogP) is 3.27. The van der Waals surface area contributed by atoms with E-state index in [9.17, 15) is 9.59 Å². The largest absolute Gasteiger partial charge is 0.445 e. The minimum Gasteiger partial charge on any atom is -0.445 e. The van der Waals surface area contributed by atoms with Gasteiger partial charge >= 0.3 is 12.2 Å². The van der Waals surface area contributed by atoms with Crippen LogP contribution >= 0.6 is 0 Å². The first-order valence-corrected chi connectivity index (χ1v) is 8.02. The Morgan fingerprint density at radius 1 is 1.17 bits per heavy atom. The van der Waals surface area contributed by atoms with Gasteiger partial charge < -0.3 is 14.4 Å². The van der Waals surface area contributed by atoms with Crippen molar-refractivity contribution in [1.82, 2.24) is 9.80 Å². The van der Waals surface area contributed by atoms with Crippen LogP contribution in [0.5, 0.6) is 0 Å². The predicted molar refractivity (Wildman–Crippen MR) is 87.8 cm³/mol. The molecule has 0 saturated carbocycles. The van der Waals surface area contributed by atoms with E-state index in [4.69, 9.17) is 9.47 Å². The van der Waals surface area contributed by atoms with Crippen LogP contribution in [0, 0.1) is 0 Å². The van der Waals surface area contributed by atoms with Crippen molar-refractivity contribution in [2.24, 2.45) is 0 Å². The number of amides is 2. The van der Waals surface area contributed by atoms with Gasteiger partial charge in [-0.1, -0.05) is 30.3 Å². The molecule has 1 aromatic carbocycles. The number of rotatable bonds is 3. The summed E-state index contributed by atoms with van der Waals surface area (Å²) in [7, 11) is 0. The van der Waals surface area contributed by atoms with Gasteiger partial charge in [-0.2, -0.15) is 0 Å². The zero-order chi connectivity index (χ0) is 16.8. The van der Waals surface area contributed by atoms with Crippen LogP contribution in [0.25, 0.3) is 0 Å². The molecule has 0 aromatic heterocycles. The number of hydrogen-bond donors (Lipinski definition) is 0. The number of piperidine rings is 1. The maximum Gasteiger partial charge on any atom is 0.418 e. The van der Waals surface area contributed by atoms with E-state index in [1.54, 1.807) is 28.2 Å². The molecule has 1 saturated heterocycles. The Kier molecular flexibility index (Phi) is 5.15. The lowest BCUT2D eigenvalue weighted by Crippen LogP contribution is -2.46. The highest BCUT2D eigenvalue weighted by molar-refractivity contribution is 5.71. The molecule has 126 valence electrons. The second-order valence-electron chi connectivity index (χ2n) is 5.72. The molecule has 24 heavy (non-hydrogen) atoms. The summed E-state index contributed by atoms with van der Waals surface area (Å²) in [6.45, 7) is 1.39. The van der Waals surface area contributed by atoms with Gasteiger partial charge in [0.05, 0.1) is 6.26 Å². The summed E-state index contributed by atoms with van der Waals surface area (Å²) >= 11 is 0. The number of carbonyl (C=O) groups is 2. The van der Waals surface area contributed by atoms with E-state index >= 15 is 0 Å². The summed E-state index contributed by atoms with van der Waals surface area (Å²) in [5, 5.41) is 0. The second-order valence-corrected chi connectivity index (χ2v) is 5.72. The quantitative estimate of drug-likeness (QED) is 0.854. The van der Waals surface area contributed by atoms with Crippen molar-refractivity contribution in [3.63, 3.8) is 0 Å². The lowest BCUT2D eigenvalue weighted by atomic mass is 10.0. The summed E-state index contributed by atoms with van der Waals surface area (Å²) in [6, 6.07) is 9.63. The van der Waals surface area contributed by atoms with Crippen molar-refractivity contribution < 1.29 is 19.1 Å². The van der Waals surface area contributed by atoms with E-state index < -0.39 is 0 Å². The van der Waals surface area contributed by atoms with Gasteiger partial charge in [0, 0.05) is 25.3 Å². The fourth-order valence-electron chi connectivity index (χ4n) is 2.81. The van der Waals surface area contributed by atoms with Crippen LogP contribution in [0.3, 0.4) is 0 Å². The molecule has 1 aromatic rings.